The number of hydrogen-bond acceptors (Lipinski definition) is 4. The number of nitrogens with one attached hydrogen (secondary N) is 2. The molecule has 0 fully saturated rings. The smallest absolute Gasteiger partial charge is 0.335 e. The molecule has 0 aliphatic rings. The fourth-order valence-electron chi connectivity index (χ4n) is 2.08. The van der Waals surface area contributed by atoms with Gasteiger partial charge in [0, 0.05) is 5.56 Å². The Labute approximate surface area is 167 Å². The molecule has 3 N–H and O–H groups in total. The molecule has 1 atom stereocenters. The number of halogens is 1. The van der Waals surface area contributed by atoms with Crippen molar-refractivity contribution in [3.63, 3.8) is 0 Å². The van der Waals surface area contributed by atoms with Crippen LogP contribution in [0.3, 0.4) is 0 Å². The van der Waals surface area contributed by atoms with Crippen LogP contribution in [0.25, 0.3) is 0 Å². The average Bonchev–Trinajstić information content (AvgIpc) is 2.63. The van der Waals surface area contributed by atoms with Crippen molar-refractivity contribution in [3.05, 3.63) is 58.6 Å². The van der Waals surface area contributed by atoms with E-state index in [1.807, 2.05) is 13.8 Å². The molecular weight excluding hydrogens is 388 g/mol. The Balaban J connectivity index is 2.00. The van der Waals surface area contributed by atoms with Gasteiger partial charge in [-0.2, -0.15) is 0 Å². The van der Waals surface area contributed by atoms with Crippen molar-refractivity contribution >= 4 is 46.5 Å². The third-order valence-electron chi connectivity index (χ3n) is 3.72. The monoisotopic (exact) mass is 406 g/mol. The maximum absolute atomic E-state index is 12.3. The maximum atomic E-state index is 12.3. The van der Waals surface area contributed by atoms with Crippen molar-refractivity contribution in [2.45, 2.75) is 26.4 Å². The highest BCUT2D eigenvalue weighted by Gasteiger charge is 2.12. The van der Waals surface area contributed by atoms with Crippen molar-refractivity contribution in [2.75, 3.05) is 5.32 Å². The summed E-state index contributed by atoms with van der Waals surface area (Å²) >= 11 is 11.1. The van der Waals surface area contributed by atoms with Gasteiger partial charge in [0.2, 0.25) is 0 Å². The normalized spacial score (nSPS) is 11.4. The molecule has 1 unspecified atom stereocenters. The first kappa shape index (κ1) is 20.7. The number of aromatic carboxylic acids is 1. The van der Waals surface area contributed by atoms with Gasteiger partial charge in [0.05, 0.1) is 22.4 Å². The number of carbonyl (C=O) groups excluding carboxylic acids is 1. The Morgan fingerprint density at radius 2 is 1.81 bits per heavy atom. The third kappa shape index (κ3) is 5.94. The van der Waals surface area contributed by atoms with Crippen LogP contribution in [0.2, 0.25) is 5.02 Å². The van der Waals surface area contributed by atoms with E-state index in [0.29, 0.717) is 17.0 Å². The molecule has 0 spiro atoms. The lowest BCUT2D eigenvalue weighted by molar-refractivity contribution is 0.0696. The van der Waals surface area contributed by atoms with E-state index in [0.717, 1.165) is 6.42 Å². The first-order valence-corrected chi connectivity index (χ1v) is 9.00. The fourth-order valence-corrected chi connectivity index (χ4v) is 2.45. The second kappa shape index (κ2) is 9.34. The van der Waals surface area contributed by atoms with Crippen molar-refractivity contribution < 1.29 is 19.4 Å². The van der Waals surface area contributed by atoms with Gasteiger partial charge >= 0.3 is 5.97 Å². The van der Waals surface area contributed by atoms with E-state index in [-0.39, 0.29) is 21.8 Å². The van der Waals surface area contributed by atoms with Gasteiger partial charge in [-0.15, -0.1) is 0 Å². The second-order valence-corrected chi connectivity index (χ2v) is 6.58. The summed E-state index contributed by atoms with van der Waals surface area (Å²) in [6.45, 7) is 3.99. The molecule has 142 valence electrons. The zero-order valence-corrected chi connectivity index (χ0v) is 16.4. The van der Waals surface area contributed by atoms with Crippen molar-refractivity contribution in [1.82, 2.24) is 5.32 Å². The van der Waals surface area contributed by atoms with Gasteiger partial charge in [-0.05, 0) is 68.0 Å². The highest BCUT2D eigenvalue weighted by Crippen LogP contribution is 2.23. The molecule has 0 bridgehead atoms. The lowest BCUT2D eigenvalue weighted by Gasteiger charge is -2.13. The van der Waals surface area contributed by atoms with Crippen molar-refractivity contribution in [3.8, 4) is 5.75 Å². The van der Waals surface area contributed by atoms with E-state index in [9.17, 15) is 9.59 Å². The summed E-state index contributed by atoms with van der Waals surface area (Å²) in [6.07, 6.45) is 0.973. The minimum absolute atomic E-state index is 0.00405. The number of carbonyl (C=O) groups is 2. The predicted octanol–water partition coefficient (Wildman–Crippen LogP) is 4.34. The summed E-state index contributed by atoms with van der Waals surface area (Å²) in [5.74, 6) is -0.823. The zero-order chi connectivity index (χ0) is 20.0. The molecular formula is C19H19ClN2O4S. The highest BCUT2D eigenvalue weighted by molar-refractivity contribution is 7.80. The molecule has 0 aromatic heterocycles. The molecule has 0 aliphatic carbocycles. The number of thiocarbonyl (C=S) groups is 1. The van der Waals surface area contributed by atoms with E-state index in [2.05, 4.69) is 10.6 Å². The molecule has 0 radical (unpaired) electrons. The SMILES string of the molecule is CCC(C)Oc1ccc(C(=O)NC(=S)Nc2cc(C(=O)O)ccc2Cl)cc1. The maximum Gasteiger partial charge on any atom is 0.335 e. The summed E-state index contributed by atoms with van der Waals surface area (Å²) in [5.41, 5.74) is 0.744. The Morgan fingerprint density at radius 3 is 2.41 bits per heavy atom. The van der Waals surface area contributed by atoms with Crippen LogP contribution in [-0.2, 0) is 0 Å². The number of benzene rings is 2. The Bertz CT molecular complexity index is 855. The number of carboxylic acid groups (broad SMARTS) is 1. The van der Waals surface area contributed by atoms with Crippen LogP contribution in [-0.4, -0.2) is 28.2 Å². The second-order valence-electron chi connectivity index (χ2n) is 5.77. The molecule has 6 nitrogen and oxygen atoms in total. The molecule has 0 saturated heterocycles. The Kier molecular flexibility index (Phi) is 7.15. The highest BCUT2D eigenvalue weighted by atomic mass is 35.5. The van der Waals surface area contributed by atoms with Crippen molar-refractivity contribution in [2.24, 2.45) is 0 Å². The molecule has 0 saturated carbocycles. The number of carboxylic acids is 1. The van der Waals surface area contributed by atoms with Crippen molar-refractivity contribution in [1.29, 1.82) is 0 Å². The van der Waals surface area contributed by atoms with Crippen LogP contribution in [0, 0.1) is 0 Å². The van der Waals surface area contributed by atoms with E-state index >= 15 is 0 Å². The van der Waals surface area contributed by atoms with Gasteiger partial charge in [-0.25, -0.2) is 4.79 Å². The van der Waals surface area contributed by atoms with E-state index in [4.69, 9.17) is 33.7 Å². The third-order valence-corrected chi connectivity index (χ3v) is 4.25. The fraction of sp³-hybridized carbons (Fsp3) is 0.211. The van der Waals surface area contributed by atoms with Gasteiger partial charge < -0.3 is 15.2 Å². The lowest BCUT2D eigenvalue weighted by Crippen LogP contribution is -2.34. The number of rotatable bonds is 6. The number of anilines is 1. The predicted molar refractivity (Wildman–Crippen MR) is 109 cm³/mol. The number of hydrogen-bond donors (Lipinski definition) is 3. The van der Waals surface area contributed by atoms with Crippen LogP contribution in [0.1, 0.15) is 41.0 Å². The minimum Gasteiger partial charge on any atom is -0.491 e. The first-order chi connectivity index (χ1) is 12.8. The number of amides is 1. The lowest BCUT2D eigenvalue weighted by atomic mass is 10.2. The van der Waals surface area contributed by atoms with Gasteiger partial charge in [-0.1, -0.05) is 18.5 Å². The standard InChI is InChI=1S/C19H19ClN2O4S/c1-3-11(2)26-14-7-4-12(5-8-14)17(23)22-19(27)21-16-10-13(18(24)25)6-9-15(16)20/h4-11H,3H2,1-2H3,(H,24,25)(H2,21,22,23,27). The molecule has 2 rings (SSSR count). The molecule has 2 aromatic rings. The topological polar surface area (TPSA) is 87.7 Å². The first-order valence-electron chi connectivity index (χ1n) is 8.22. The Morgan fingerprint density at radius 1 is 1.19 bits per heavy atom. The number of ether oxygens (including phenoxy) is 1. The summed E-state index contributed by atoms with van der Waals surface area (Å²) in [5, 5.41) is 14.6. The molecule has 2 aromatic carbocycles. The zero-order valence-electron chi connectivity index (χ0n) is 14.8. The van der Waals surface area contributed by atoms with Gasteiger partial charge in [-0.3, -0.25) is 10.1 Å². The summed E-state index contributed by atoms with van der Waals surface area (Å²) in [7, 11) is 0. The quantitative estimate of drug-likeness (QED) is 0.618. The Hall–Kier alpha value is -2.64. The summed E-state index contributed by atoms with van der Waals surface area (Å²) in [6, 6.07) is 10.8. The van der Waals surface area contributed by atoms with Crippen LogP contribution in [0.4, 0.5) is 5.69 Å². The van der Waals surface area contributed by atoms with Gasteiger partial charge in [0.25, 0.3) is 5.91 Å². The average molecular weight is 407 g/mol. The van der Waals surface area contributed by atoms with Crippen LogP contribution < -0.4 is 15.4 Å². The molecule has 8 heteroatoms. The molecule has 0 aliphatic heterocycles. The van der Waals surface area contributed by atoms with E-state index in [1.54, 1.807) is 24.3 Å². The van der Waals surface area contributed by atoms with Gasteiger partial charge in [0.1, 0.15) is 5.75 Å². The van der Waals surface area contributed by atoms with Gasteiger partial charge in [0.15, 0.2) is 5.11 Å². The largest absolute Gasteiger partial charge is 0.491 e. The molecule has 27 heavy (non-hydrogen) atoms. The summed E-state index contributed by atoms with van der Waals surface area (Å²) < 4.78 is 5.67. The van der Waals surface area contributed by atoms with Crippen LogP contribution >= 0.6 is 23.8 Å². The molecule has 1 amide bonds. The van der Waals surface area contributed by atoms with Crippen LogP contribution in [0.5, 0.6) is 5.75 Å². The molecule has 0 heterocycles. The summed E-state index contributed by atoms with van der Waals surface area (Å²) in [4.78, 5) is 23.3. The van der Waals surface area contributed by atoms with E-state index < -0.39 is 11.9 Å². The minimum atomic E-state index is -1.09. The van der Waals surface area contributed by atoms with Crippen LogP contribution in [0.15, 0.2) is 42.5 Å². The van der Waals surface area contributed by atoms with E-state index in [1.165, 1.54) is 18.2 Å².